The zero-order valence-electron chi connectivity index (χ0n) is 11.5. The molecule has 1 N–H and O–H groups in total. The highest BCUT2D eigenvalue weighted by Crippen LogP contribution is 2.22. The number of aromatic nitrogens is 2. The molecule has 106 valence electrons. The van der Waals surface area contributed by atoms with Gasteiger partial charge in [-0.1, -0.05) is 0 Å². The van der Waals surface area contributed by atoms with Gasteiger partial charge >= 0.3 is 0 Å². The summed E-state index contributed by atoms with van der Waals surface area (Å²) < 4.78 is 7.00. The maximum atomic E-state index is 11.7. The molecule has 0 radical (unpaired) electrons. The molecule has 1 aliphatic heterocycles. The molecular formula is C13H21N3O3. The van der Waals surface area contributed by atoms with Crippen LogP contribution in [-0.2, 0) is 16.1 Å². The molecule has 1 fully saturated rings. The molecular weight excluding hydrogens is 246 g/mol. The molecule has 0 saturated carbocycles. The average Bonchev–Trinajstić information content (AvgIpc) is 2.87. The molecule has 1 atom stereocenters. The van der Waals surface area contributed by atoms with E-state index in [0.717, 1.165) is 18.5 Å². The molecule has 1 aliphatic rings. The summed E-state index contributed by atoms with van der Waals surface area (Å²) in [6.45, 7) is 3.38. The Kier molecular flexibility index (Phi) is 4.55. The van der Waals surface area contributed by atoms with Crippen LogP contribution in [0.25, 0.3) is 0 Å². The van der Waals surface area contributed by atoms with E-state index in [1.54, 1.807) is 12.0 Å². The smallest absolute Gasteiger partial charge is 0.251 e. The highest BCUT2D eigenvalue weighted by Gasteiger charge is 2.26. The fraction of sp³-hybridized carbons (Fsp3) is 0.692. The van der Waals surface area contributed by atoms with Crippen molar-refractivity contribution in [3.8, 4) is 0 Å². The number of ether oxygens (including phenoxy) is 1. The van der Waals surface area contributed by atoms with E-state index in [4.69, 9.17) is 4.74 Å². The van der Waals surface area contributed by atoms with Crippen molar-refractivity contribution >= 4 is 5.91 Å². The monoisotopic (exact) mass is 267 g/mol. The second-order valence-corrected chi connectivity index (χ2v) is 4.95. The van der Waals surface area contributed by atoms with Crippen LogP contribution in [0, 0.1) is 0 Å². The zero-order valence-corrected chi connectivity index (χ0v) is 11.5. The van der Waals surface area contributed by atoms with Gasteiger partial charge in [0.1, 0.15) is 6.10 Å². The molecule has 1 aromatic rings. The third-order valence-electron chi connectivity index (χ3n) is 3.46. The first-order valence-corrected chi connectivity index (χ1v) is 6.61. The third-order valence-corrected chi connectivity index (χ3v) is 3.46. The number of rotatable bonds is 4. The lowest BCUT2D eigenvalue weighted by Crippen LogP contribution is -2.43. The molecule has 19 heavy (non-hydrogen) atoms. The number of aliphatic hydroxyl groups excluding tert-OH is 1. The van der Waals surface area contributed by atoms with E-state index in [2.05, 4.69) is 5.10 Å². The predicted octanol–water partition coefficient (Wildman–Crippen LogP) is 0.574. The van der Waals surface area contributed by atoms with E-state index in [0.29, 0.717) is 25.7 Å². The molecule has 1 aromatic heterocycles. The number of piperidine rings is 1. The minimum atomic E-state index is -0.908. The molecule has 0 spiro atoms. The van der Waals surface area contributed by atoms with Gasteiger partial charge in [-0.25, -0.2) is 0 Å². The molecule has 0 aromatic carbocycles. The van der Waals surface area contributed by atoms with Gasteiger partial charge in [0, 0.05) is 26.4 Å². The summed E-state index contributed by atoms with van der Waals surface area (Å²) in [5, 5.41) is 13.8. The lowest BCUT2D eigenvalue weighted by atomic mass is 10.0. The van der Waals surface area contributed by atoms with Gasteiger partial charge in [0.05, 0.1) is 18.3 Å². The van der Waals surface area contributed by atoms with Gasteiger partial charge in [-0.2, -0.15) is 5.10 Å². The Morgan fingerprint density at radius 2 is 2.26 bits per heavy atom. The second kappa shape index (κ2) is 6.16. The topological polar surface area (TPSA) is 67.6 Å². The fourth-order valence-electron chi connectivity index (χ4n) is 2.42. The Morgan fingerprint density at radius 3 is 2.84 bits per heavy atom. The molecule has 0 unspecified atom stereocenters. The van der Waals surface area contributed by atoms with E-state index >= 15 is 0 Å². The van der Waals surface area contributed by atoms with Crippen LogP contribution >= 0.6 is 0 Å². The highest BCUT2D eigenvalue weighted by molar-refractivity contribution is 5.80. The zero-order chi connectivity index (χ0) is 13.8. The lowest BCUT2D eigenvalue weighted by molar-refractivity contribution is -0.140. The lowest BCUT2D eigenvalue weighted by Gasteiger charge is -2.32. The van der Waals surface area contributed by atoms with E-state index < -0.39 is 6.10 Å². The Hall–Kier alpha value is -1.40. The first-order valence-electron chi connectivity index (χ1n) is 6.61. The van der Waals surface area contributed by atoms with Crippen LogP contribution in [0.4, 0.5) is 0 Å². The molecule has 2 rings (SSSR count). The predicted molar refractivity (Wildman–Crippen MR) is 69.5 cm³/mol. The van der Waals surface area contributed by atoms with Crippen LogP contribution < -0.4 is 0 Å². The van der Waals surface area contributed by atoms with E-state index in [1.165, 1.54) is 6.92 Å². The van der Waals surface area contributed by atoms with Crippen molar-refractivity contribution in [3.05, 3.63) is 18.0 Å². The SMILES string of the molecule is COCc1ccn(C2CCN(C(=O)[C@H](C)O)CC2)n1. The van der Waals surface area contributed by atoms with Gasteiger partial charge in [0.2, 0.25) is 0 Å². The minimum absolute atomic E-state index is 0.181. The van der Waals surface area contributed by atoms with Crippen molar-refractivity contribution in [1.29, 1.82) is 0 Å². The summed E-state index contributed by atoms with van der Waals surface area (Å²) in [7, 11) is 1.65. The molecule has 2 heterocycles. The number of aliphatic hydroxyl groups is 1. The van der Waals surface area contributed by atoms with Crippen LogP contribution in [0.3, 0.4) is 0 Å². The minimum Gasteiger partial charge on any atom is -0.384 e. The van der Waals surface area contributed by atoms with E-state index in [9.17, 15) is 9.90 Å². The van der Waals surface area contributed by atoms with Crippen molar-refractivity contribution in [2.75, 3.05) is 20.2 Å². The number of carbonyl (C=O) groups is 1. The van der Waals surface area contributed by atoms with Crippen molar-refractivity contribution < 1.29 is 14.6 Å². The van der Waals surface area contributed by atoms with Crippen LogP contribution in [0.2, 0.25) is 0 Å². The summed E-state index contributed by atoms with van der Waals surface area (Å²) in [5.41, 5.74) is 0.921. The van der Waals surface area contributed by atoms with Gasteiger partial charge in [0.25, 0.3) is 5.91 Å². The molecule has 0 bridgehead atoms. The molecule has 6 heteroatoms. The maximum Gasteiger partial charge on any atom is 0.251 e. The normalized spacial score (nSPS) is 18.6. The second-order valence-electron chi connectivity index (χ2n) is 4.95. The quantitative estimate of drug-likeness (QED) is 0.866. The van der Waals surface area contributed by atoms with Crippen molar-refractivity contribution in [1.82, 2.24) is 14.7 Å². The number of hydrogen-bond donors (Lipinski definition) is 1. The number of likely N-dealkylation sites (tertiary alicyclic amines) is 1. The number of methoxy groups -OCH3 is 1. The summed E-state index contributed by atoms with van der Waals surface area (Å²) in [6.07, 6.45) is 2.79. The Labute approximate surface area is 113 Å². The van der Waals surface area contributed by atoms with Crippen molar-refractivity contribution in [2.24, 2.45) is 0 Å². The number of amides is 1. The van der Waals surface area contributed by atoms with Gasteiger partial charge in [-0.3, -0.25) is 9.48 Å². The van der Waals surface area contributed by atoms with E-state index in [-0.39, 0.29) is 5.91 Å². The van der Waals surface area contributed by atoms with Gasteiger partial charge in [-0.05, 0) is 25.8 Å². The van der Waals surface area contributed by atoms with E-state index in [1.807, 2.05) is 16.9 Å². The van der Waals surface area contributed by atoms with Crippen molar-refractivity contribution in [3.63, 3.8) is 0 Å². The first kappa shape index (κ1) is 14.0. The number of nitrogens with zero attached hydrogens (tertiary/aromatic N) is 3. The van der Waals surface area contributed by atoms with Gasteiger partial charge in [0.15, 0.2) is 0 Å². The summed E-state index contributed by atoms with van der Waals surface area (Å²) in [5.74, 6) is -0.181. The maximum absolute atomic E-state index is 11.7. The third kappa shape index (κ3) is 3.33. The Balaban J connectivity index is 1.90. The number of hydrogen-bond acceptors (Lipinski definition) is 4. The van der Waals surface area contributed by atoms with Crippen LogP contribution in [0.1, 0.15) is 31.5 Å². The highest BCUT2D eigenvalue weighted by atomic mass is 16.5. The molecule has 6 nitrogen and oxygen atoms in total. The standard InChI is InChI=1S/C13H21N3O3/c1-10(17)13(18)15-6-4-12(5-7-15)16-8-3-11(14-16)9-19-2/h3,8,10,12,17H,4-7,9H2,1-2H3/t10-/m0/s1. The molecule has 1 saturated heterocycles. The molecule has 1 amide bonds. The van der Waals surface area contributed by atoms with Gasteiger partial charge in [-0.15, -0.1) is 0 Å². The Morgan fingerprint density at radius 1 is 1.58 bits per heavy atom. The van der Waals surface area contributed by atoms with Crippen LogP contribution in [-0.4, -0.2) is 52.0 Å². The first-order chi connectivity index (χ1) is 9.11. The number of carbonyl (C=O) groups excluding carboxylic acids is 1. The van der Waals surface area contributed by atoms with Gasteiger partial charge < -0.3 is 14.7 Å². The summed E-state index contributed by atoms with van der Waals surface area (Å²) in [4.78, 5) is 13.4. The summed E-state index contributed by atoms with van der Waals surface area (Å²) >= 11 is 0. The fourth-order valence-corrected chi connectivity index (χ4v) is 2.42. The Bertz CT molecular complexity index is 423. The van der Waals surface area contributed by atoms with Crippen molar-refractivity contribution in [2.45, 2.75) is 38.5 Å². The van der Waals surface area contributed by atoms with Crippen LogP contribution in [0.5, 0.6) is 0 Å². The molecule has 0 aliphatic carbocycles. The summed E-state index contributed by atoms with van der Waals surface area (Å²) in [6, 6.07) is 2.28. The average molecular weight is 267 g/mol. The largest absolute Gasteiger partial charge is 0.384 e. The van der Waals surface area contributed by atoms with Crippen LogP contribution in [0.15, 0.2) is 12.3 Å².